The van der Waals surface area contributed by atoms with Crippen LogP contribution < -0.4 is 25.4 Å². The molecular formula is C39H43N5O7S. The van der Waals surface area contributed by atoms with Crippen LogP contribution in [0.2, 0.25) is 0 Å². The smallest absolute Gasteiger partial charge is 0.330 e. The van der Waals surface area contributed by atoms with Crippen molar-refractivity contribution in [3.63, 3.8) is 0 Å². The maximum absolute atomic E-state index is 14.2. The quantitative estimate of drug-likeness (QED) is 0.140. The van der Waals surface area contributed by atoms with Gasteiger partial charge >= 0.3 is 12.0 Å². The molecule has 1 aliphatic heterocycles. The second-order valence-electron chi connectivity index (χ2n) is 14.3. The highest BCUT2D eigenvalue weighted by Crippen LogP contribution is 2.45. The first-order valence-electron chi connectivity index (χ1n) is 17.1. The predicted octanol–water partition coefficient (Wildman–Crippen LogP) is 5.49. The highest BCUT2D eigenvalue weighted by molar-refractivity contribution is 7.08. The lowest BCUT2D eigenvalue weighted by Gasteiger charge is -2.34. The first kappa shape index (κ1) is 36.4. The zero-order valence-corrected chi connectivity index (χ0v) is 30.4. The number of ether oxygens (including phenoxy) is 2. The summed E-state index contributed by atoms with van der Waals surface area (Å²) in [5.41, 5.74) is 0.759. The third-order valence-corrected chi connectivity index (χ3v) is 10.5. The number of hydrogen-bond donors (Lipinski definition) is 4. The first-order chi connectivity index (χ1) is 24.8. The Balaban J connectivity index is 1.29. The number of nitrogens with zero attached hydrogens (tertiary/aromatic N) is 2. The standard InChI is InChI=1S/C39H43N5O7S/c1-6-25-19-39(25,36(47)48)43-35(46)31-17-27(21-44(31)37(49)42-33(38(2,3)4)20-40-34(45)24-14-15-52-22-24)51-32-18-29(23-10-8-7-9-11-23)41-30-16-26(50-5)12-13-28(30)32/h6-16,18,22,25,27,31,33H,1,17,19-21H2,2-5H3,(H,40,45)(H,42,49)(H,43,46)(H,47,48)/t25?,27-,31+,33-,39-/m1/s1. The summed E-state index contributed by atoms with van der Waals surface area (Å²) in [5.74, 6) is -1.30. The zero-order chi connectivity index (χ0) is 37.2. The minimum Gasteiger partial charge on any atom is -0.497 e. The molecule has 0 spiro atoms. The minimum atomic E-state index is -1.48. The summed E-state index contributed by atoms with van der Waals surface area (Å²) in [6, 6.07) is 16.6. The van der Waals surface area contributed by atoms with Crippen LogP contribution in [0.4, 0.5) is 4.79 Å². The summed E-state index contributed by atoms with van der Waals surface area (Å²) in [7, 11) is 1.58. The van der Waals surface area contributed by atoms with Gasteiger partial charge in [-0.25, -0.2) is 14.6 Å². The van der Waals surface area contributed by atoms with Crippen molar-refractivity contribution in [2.45, 2.75) is 57.3 Å². The number of likely N-dealkylation sites (tertiary alicyclic amines) is 1. The lowest BCUT2D eigenvalue weighted by atomic mass is 9.86. The monoisotopic (exact) mass is 725 g/mol. The Labute approximate surface area is 306 Å². The van der Waals surface area contributed by atoms with E-state index >= 15 is 0 Å². The minimum absolute atomic E-state index is 0.0354. The van der Waals surface area contributed by atoms with Crippen LogP contribution in [0, 0.1) is 11.3 Å². The van der Waals surface area contributed by atoms with Gasteiger partial charge in [0.15, 0.2) is 0 Å². The molecule has 1 saturated carbocycles. The molecule has 2 aromatic heterocycles. The molecule has 13 heteroatoms. The number of methoxy groups -OCH3 is 1. The van der Waals surface area contributed by atoms with Crippen molar-refractivity contribution in [3.05, 3.63) is 89.6 Å². The molecule has 0 radical (unpaired) electrons. The number of aromatic nitrogens is 1. The molecule has 0 bridgehead atoms. The van der Waals surface area contributed by atoms with Gasteiger partial charge in [0.05, 0.1) is 30.9 Å². The number of nitrogens with one attached hydrogen (secondary N) is 3. The van der Waals surface area contributed by atoms with Gasteiger partial charge in [0.25, 0.3) is 5.91 Å². The molecule has 1 saturated heterocycles. The number of hydrogen-bond acceptors (Lipinski definition) is 8. The number of rotatable bonds is 12. The largest absolute Gasteiger partial charge is 0.497 e. The van der Waals surface area contributed by atoms with E-state index in [2.05, 4.69) is 22.5 Å². The van der Waals surface area contributed by atoms with Crippen molar-refractivity contribution >= 4 is 46.1 Å². The molecule has 6 rings (SSSR count). The number of carboxylic acids is 1. The Bertz CT molecular complexity index is 1980. The van der Waals surface area contributed by atoms with Crippen molar-refractivity contribution in [1.29, 1.82) is 0 Å². The molecule has 2 fully saturated rings. The molecule has 272 valence electrons. The van der Waals surface area contributed by atoms with Gasteiger partial charge in [-0.3, -0.25) is 9.59 Å². The van der Waals surface area contributed by atoms with E-state index in [0.29, 0.717) is 28.3 Å². The van der Waals surface area contributed by atoms with E-state index in [1.54, 1.807) is 18.6 Å². The van der Waals surface area contributed by atoms with Gasteiger partial charge in [0.1, 0.15) is 29.2 Å². The number of carbonyl (C=O) groups excluding carboxylic acids is 3. The topological polar surface area (TPSA) is 159 Å². The Hall–Kier alpha value is -5.43. The number of amides is 4. The molecule has 5 atom stereocenters. The Morgan fingerprint density at radius 2 is 1.90 bits per heavy atom. The maximum Gasteiger partial charge on any atom is 0.330 e. The van der Waals surface area contributed by atoms with Gasteiger partial charge in [-0.15, -0.1) is 6.58 Å². The van der Waals surface area contributed by atoms with Gasteiger partial charge < -0.3 is 35.4 Å². The predicted molar refractivity (Wildman–Crippen MR) is 198 cm³/mol. The van der Waals surface area contributed by atoms with Crippen molar-refractivity contribution < 1.29 is 33.8 Å². The summed E-state index contributed by atoms with van der Waals surface area (Å²) >= 11 is 1.41. The molecule has 2 aliphatic rings. The second kappa shape index (κ2) is 14.7. The van der Waals surface area contributed by atoms with Crippen molar-refractivity contribution in [1.82, 2.24) is 25.8 Å². The van der Waals surface area contributed by atoms with Crippen LogP contribution >= 0.6 is 11.3 Å². The van der Waals surface area contributed by atoms with E-state index in [0.717, 1.165) is 10.9 Å². The van der Waals surface area contributed by atoms with Crippen LogP contribution in [0.3, 0.4) is 0 Å². The molecule has 4 N–H and O–H groups in total. The van der Waals surface area contributed by atoms with Crippen molar-refractivity contribution in [2.75, 3.05) is 20.2 Å². The van der Waals surface area contributed by atoms with Crippen molar-refractivity contribution in [3.8, 4) is 22.8 Å². The number of benzene rings is 2. The van der Waals surface area contributed by atoms with E-state index in [-0.39, 0.29) is 31.8 Å². The summed E-state index contributed by atoms with van der Waals surface area (Å²) in [4.78, 5) is 59.4. The Kier molecular flexibility index (Phi) is 10.3. The molecule has 4 aromatic rings. The number of urea groups is 1. The number of aliphatic carboxylic acids is 1. The van der Waals surface area contributed by atoms with Crippen LogP contribution in [-0.4, -0.2) is 82.7 Å². The highest BCUT2D eigenvalue weighted by Gasteiger charge is 2.61. The van der Waals surface area contributed by atoms with Gasteiger partial charge in [0, 0.05) is 52.9 Å². The molecule has 4 amide bonds. The summed E-state index contributed by atoms with van der Waals surface area (Å²) in [5, 5.41) is 23.0. The van der Waals surface area contributed by atoms with Gasteiger partial charge in [-0.2, -0.15) is 11.3 Å². The van der Waals surface area contributed by atoms with Gasteiger partial charge in [0.2, 0.25) is 5.91 Å². The average molecular weight is 726 g/mol. The van der Waals surface area contributed by atoms with Crippen LogP contribution in [0.25, 0.3) is 22.2 Å². The van der Waals surface area contributed by atoms with Crippen molar-refractivity contribution in [2.24, 2.45) is 11.3 Å². The third kappa shape index (κ3) is 7.59. The molecule has 12 nitrogen and oxygen atoms in total. The number of thiophene rings is 1. The van der Waals surface area contributed by atoms with Crippen LogP contribution in [-0.2, 0) is 9.59 Å². The lowest BCUT2D eigenvalue weighted by Crippen LogP contribution is -2.58. The normalized spacial score (nSPS) is 21.5. The van der Waals surface area contributed by atoms with E-state index in [1.807, 2.05) is 80.7 Å². The summed E-state index contributed by atoms with van der Waals surface area (Å²) in [6.07, 6.45) is 1.19. The van der Waals surface area contributed by atoms with Gasteiger partial charge in [-0.1, -0.05) is 57.2 Å². The number of carboxylic acid groups (broad SMARTS) is 1. The number of carbonyl (C=O) groups is 4. The average Bonchev–Trinajstić information content (AvgIpc) is 3.42. The Morgan fingerprint density at radius 3 is 2.54 bits per heavy atom. The van der Waals surface area contributed by atoms with Crippen LogP contribution in [0.1, 0.15) is 44.0 Å². The molecule has 1 unspecified atom stereocenters. The fourth-order valence-electron chi connectivity index (χ4n) is 6.51. The summed E-state index contributed by atoms with van der Waals surface area (Å²) in [6.45, 7) is 9.74. The van der Waals surface area contributed by atoms with E-state index in [4.69, 9.17) is 14.5 Å². The first-order valence-corrected chi connectivity index (χ1v) is 18.0. The molecular weight excluding hydrogens is 683 g/mol. The maximum atomic E-state index is 14.2. The lowest BCUT2D eigenvalue weighted by molar-refractivity contribution is -0.144. The fourth-order valence-corrected chi connectivity index (χ4v) is 7.14. The van der Waals surface area contributed by atoms with Crippen LogP contribution in [0.15, 0.2) is 84.1 Å². The molecule has 52 heavy (non-hydrogen) atoms. The fraction of sp³-hybridized carbons (Fsp3) is 0.359. The van der Waals surface area contributed by atoms with E-state index in [9.17, 15) is 24.3 Å². The summed E-state index contributed by atoms with van der Waals surface area (Å²) < 4.78 is 12.1. The number of pyridine rings is 1. The van der Waals surface area contributed by atoms with E-state index < -0.39 is 53.0 Å². The van der Waals surface area contributed by atoms with E-state index in [1.165, 1.54) is 22.3 Å². The molecule has 1 aliphatic carbocycles. The second-order valence-corrected chi connectivity index (χ2v) is 15.1. The zero-order valence-electron chi connectivity index (χ0n) is 29.5. The SMILES string of the molecule is C=CC1C[C@]1(NC(=O)[C@@H]1C[C@@H](Oc2cc(-c3ccccc3)nc3cc(OC)ccc23)CN1C(=O)N[C@H](CNC(=O)c1ccsc1)C(C)(C)C)C(=O)O. The number of fused-ring (bicyclic) bond motifs is 1. The highest BCUT2D eigenvalue weighted by atomic mass is 32.1. The third-order valence-electron chi connectivity index (χ3n) is 9.79. The van der Waals surface area contributed by atoms with Gasteiger partial charge in [-0.05, 0) is 35.4 Å². The van der Waals surface area contributed by atoms with Crippen LogP contribution in [0.5, 0.6) is 11.5 Å². The Morgan fingerprint density at radius 1 is 1.13 bits per heavy atom. The molecule has 2 aromatic carbocycles. The molecule has 3 heterocycles.